The summed E-state index contributed by atoms with van der Waals surface area (Å²) in [6.45, 7) is 2.25. The molecule has 0 aliphatic carbocycles. The Balaban J connectivity index is 1.57. The van der Waals surface area contributed by atoms with Crippen molar-refractivity contribution in [1.82, 2.24) is 10.3 Å². The normalized spacial score (nSPS) is 15.2. The zero-order valence-electron chi connectivity index (χ0n) is 15.9. The highest BCUT2D eigenvalue weighted by Crippen LogP contribution is 2.19. The zero-order chi connectivity index (χ0) is 20.9. The number of hydrogen-bond acceptors (Lipinski definition) is 5. The number of halogens is 2. The second kappa shape index (κ2) is 9.30. The topological polar surface area (TPSA) is 79.4 Å². The molecule has 3 rings (SSSR count). The van der Waals surface area contributed by atoms with Gasteiger partial charge in [-0.1, -0.05) is 18.9 Å². The number of carbonyl (C=O) groups excluding carboxylic acids is 1. The molecule has 1 aromatic heterocycles. The molecule has 0 unspecified atom stereocenters. The van der Waals surface area contributed by atoms with E-state index in [1.807, 2.05) is 12.1 Å². The molecule has 29 heavy (non-hydrogen) atoms. The molecule has 1 aromatic carbocycles. The highest BCUT2D eigenvalue weighted by Gasteiger charge is 2.26. The minimum Gasteiger partial charge on any atom is -0.357 e. The van der Waals surface area contributed by atoms with Gasteiger partial charge in [-0.2, -0.15) is 8.78 Å². The molecule has 6 nitrogen and oxygen atoms in total. The van der Waals surface area contributed by atoms with Crippen LogP contribution in [-0.2, 0) is 16.4 Å². The first-order valence-corrected chi connectivity index (χ1v) is 11.0. The lowest BCUT2D eigenvalue weighted by molar-refractivity contribution is 0.0951. The number of benzene rings is 1. The van der Waals surface area contributed by atoms with E-state index in [0.29, 0.717) is 0 Å². The number of pyridine rings is 1. The Labute approximate surface area is 168 Å². The van der Waals surface area contributed by atoms with Gasteiger partial charge >= 0.3 is 5.76 Å². The highest BCUT2D eigenvalue weighted by atomic mass is 32.2. The Morgan fingerprint density at radius 2 is 1.69 bits per heavy atom. The van der Waals surface area contributed by atoms with E-state index >= 15 is 0 Å². The van der Waals surface area contributed by atoms with E-state index in [1.165, 1.54) is 25.0 Å². The van der Waals surface area contributed by atoms with Gasteiger partial charge < -0.3 is 10.2 Å². The van der Waals surface area contributed by atoms with Crippen LogP contribution >= 0.6 is 0 Å². The van der Waals surface area contributed by atoms with E-state index in [-0.39, 0.29) is 12.1 Å². The maximum absolute atomic E-state index is 12.6. The Hall–Kier alpha value is -2.55. The Morgan fingerprint density at radius 1 is 1.03 bits per heavy atom. The summed E-state index contributed by atoms with van der Waals surface area (Å²) >= 11 is 0. The quantitative estimate of drug-likeness (QED) is 0.771. The molecular weight excluding hydrogens is 400 g/mol. The fourth-order valence-electron chi connectivity index (χ4n) is 3.19. The largest absolute Gasteiger partial charge is 0.357 e. The predicted molar refractivity (Wildman–Crippen MR) is 106 cm³/mol. The SMILES string of the molecule is O=C(NCc1ccc(N2CCCCCC2)nc1)c1ccc(S(=O)(=O)C(F)F)cc1. The molecule has 1 saturated heterocycles. The van der Waals surface area contributed by atoms with Gasteiger partial charge in [0.15, 0.2) is 0 Å². The number of rotatable bonds is 6. The number of sulfone groups is 1. The first kappa shape index (κ1) is 21.2. The van der Waals surface area contributed by atoms with Crippen LogP contribution in [0.1, 0.15) is 41.6 Å². The molecule has 0 spiro atoms. The van der Waals surface area contributed by atoms with Crippen molar-refractivity contribution in [2.75, 3.05) is 18.0 Å². The molecule has 1 fully saturated rings. The molecule has 0 saturated carbocycles. The fraction of sp³-hybridized carbons (Fsp3) is 0.400. The number of anilines is 1. The second-order valence-corrected chi connectivity index (χ2v) is 8.86. The van der Waals surface area contributed by atoms with Crippen LogP contribution in [0.2, 0.25) is 0 Å². The summed E-state index contributed by atoms with van der Waals surface area (Å²) in [6, 6.07) is 8.29. The van der Waals surface area contributed by atoms with Gasteiger partial charge in [0.1, 0.15) is 5.82 Å². The number of amides is 1. The number of aromatic nitrogens is 1. The van der Waals surface area contributed by atoms with Gasteiger partial charge in [0.25, 0.3) is 5.91 Å². The van der Waals surface area contributed by atoms with Crippen LogP contribution in [0, 0.1) is 0 Å². The summed E-state index contributed by atoms with van der Waals surface area (Å²) in [5.74, 6) is -2.99. The second-order valence-electron chi connectivity index (χ2n) is 6.94. The van der Waals surface area contributed by atoms with Gasteiger partial charge in [0, 0.05) is 31.4 Å². The fourth-order valence-corrected chi connectivity index (χ4v) is 3.91. The molecule has 1 aliphatic rings. The molecule has 0 radical (unpaired) electrons. The van der Waals surface area contributed by atoms with Gasteiger partial charge in [-0.05, 0) is 48.7 Å². The van der Waals surface area contributed by atoms with Crippen LogP contribution in [0.25, 0.3) is 0 Å². The number of hydrogen-bond donors (Lipinski definition) is 1. The smallest absolute Gasteiger partial charge is 0.341 e. The third-order valence-corrected chi connectivity index (χ3v) is 6.27. The average molecular weight is 423 g/mol. The summed E-state index contributed by atoms with van der Waals surface area (Å²) in [7, 11) is -4.67. The van der Waals surface area contributed by atoms with Gasteiger partial charge in [-0.25, -0.2) is 13.4 Å². The molecule has 0 bridgehead atoms. The van der Waals surface area contributed by atoms with Crippen LogP contribution in [0.4, 0.5) is 14.6 Å². The van der Waals surface area contributed by atoms with Crippen molar-refractivity contribution < 1.29 is 22.0 Å². The van der Waals surface area contributed by atoms with Crippen LogP contribution in [0.3, 0.4) is 0 Å². The van der Waals surface area contributed by atoms with E-state index in [1.54, 1.807) is 6.20 Å². The lowest BCUT2D eigenvalue weighted by Crippen LogP contribution is -2.25. The van der Waals surface area contributed by atoms with Crippen molar-refractivity contribution in [2.45, 2.75) is 42.9 Å². The van der Waals surface area contributed by atoms with Crippen molar-refractivity contribution in [2.24, 2.45) is 0 Å². The number of alkyl halides is 2. The number of nitrogens with one attached hydrogen (secondary N) is 1. The van der Waals surface area contributed by atoms with Gasteiger partial charge in [-0.3, -0.25) is 4.79 Å². The first-order chi connectivity index (χ1) is 13.9. The lowest BCUT2D eigenvalue weighted by Gasteiger charge is -2.21. The molecule has 1 N–H and O–H groups in total. The zero-order valence-corrected chi connectivity index (χ0v) is 16.7. The van der Waals surface area contributed by atoms with E-state index < -0.39 is 26.4 Å². The predicted octanol–water partition coefficient (Wildman–Crippen LogP) is 3.39. The Morgan fingerprint density at radius 3 is 2.24 bits per heavy atom. The maximum atomic E-state index is 12.6. The third kappa shape index (κ3) is 5.29. The van der Waals surface area contributed by atoms with E-state index in [0.717, 1.165) is 49.4 Å². The number of nitrogens with zero attached hydrogens (tertiary/aromatic N) is 2. The molecule has 9 heteroatoms. The van der Waals surface area contributed by atoms with Gasteiger partial charge in [0.05, 0.1) is 4.90 Å². The monoisotopic (exact) mass is 423 g/mol. The van der Waals surface area contributed by atoms with Crippen LogP contribution in [-0.4, -0.2) is 38.2 Å². The molecule has 156 valence electrons. The highest BCUT2D eigenvalue weighted by molar-refractivity contribution is 7.91. The minimum absolute atomic E-state index is 0.187. The van der Waals surface area contributed by atoms with Crippen molar-refractivity contribution in [3.63, 3.8) is 0 Å². The average Bonchev–Trinajstić information content (AvgIpc) is 3.02. The Kier molecular flexibility index (Phi) is 6.79. The van der Waals surface area contributed by atoms with Crippen molar-refractivity contribution in [1.29, 1.82) is 0 Å². The molecule has 1 aliphatic heterocycles. The summed E-state index contributed by atoms with van der Waals surface area (Å²) < 4.78 is 48.0. The summed E-state index contributed by atoms with van der Waals surface area (Å²) in [5.41, 5.74) is 1.01. The summed E-state index contributed by atoms with van der Waals surface area (Å²) in [4.78, 5) is 18.5. The summed E-state index contributed by atoms with van der Waals surface area (Å²) in [6.07, 6.45) is 6.54. The van der Waals surface area contributed by atoms with Crippen molar-refractivity contribution >= 4 is 21.6 Å². The minimum atomic E-state index is -4.67. The number of carbonyl (C=O) groups is 1. The first-order valence-electron chi connectivity index (χ1n) is 9.48. The van der Waals surface area contributed by atoms with E-state index in [9.17, 15) is 22.0 Å². The Bertz CT molecular complexity index is 924. The maximum Gasteiger partial charge on any atom is 0.341 e. The lowest BCUT2D eigenvalue weighted by atomic mass is 10.2. The van der Waals surface area contributed by atoms with Crippen LogP contribution in [0.15, 0.2) is 47.5 Å². The van der Waals surface area contributed by atoms with E-state index in [2.05, 4.69) is 15.2 Å². The third-order valence-electron chi connectivity index (χ3n) is 4.87. The van der Waals surface area contributed by atoms with E-state index in [4.69, 9.17) is 0 Å². The van der Waals surface area contributed by atoms with Crippen LogP contribution in [0.5, 0.6) is 0 Å². The van der Waals surface area contributed by atoms with Crippen molar-refractivity contribution in [3.05, 3.63) is 53.7 Å². The molecule has 2 aromatic rings. The van der Waals surface area contributed by atoms with Gasteiger partial charge in [-0.15, -0.1) is 0 Å². The molecular formula is C20H23F2N3O3S. The van der Waals surface area contributed by atoms with Crippen molar-refractivity contribution in [3.8, 4) is 0 Å². The van der Waals surface area contributed by atoms with Gasteiger partial charge in [0.2, 0.25) is 9.84 Å². The molecule has 0 atom stereocenters. The van der Waals surface area contributed by atoms with Crippen LogP contribution < -0.4 is 10.2 Å². The molecule has 1 amide bonds. The standard InChI is InChI=1S/C20H23F2N3O3S/c21-20(22)29(27,28)17-8-6-16(7-9-17)19(26)24-14-15-5-10-18(23-13-15)25-11-3-1-2-4-12-25/h5-10,13,20H,1-4,11-12,14H2,(H,24,26). The molecule has 2 heterocycles. The summed E-state index contributed by atoms with van der Waals surface area (Å²) in [5, 5.41) is 2.72.